The number of amides is 2. The van der Waals surface area contributed by atoms with Crippen LogP contribution in [-0.2, 0) is 21.4 Å². The van der Waals surface area contributed by atoms with Crippen molar-refractivity contribution >= 4 is 33.2 Å². The number of carbonyl (C=O) groups is 2. The number of aromatic nitrogens is 1. The van der Waals surface area contributed by atoms with E-state index in [9.17, 15) is 18.0 Å². The van der Waals surface area contributed by atoms with Gasteiger partial charge in [0.15, 0.2) is 0 Å². The van der Waals surface area contributed by atoms with E-state index in [1.807, 2.05) is 6.07 Å². The zero-order chi connectivity index (χ0) is 24.6. The van der Waals surface area contributed by atoms with Gasteiger partial charge in [0.1, 0.15) is 12.3 Å². The first-order valence-electron chi connectivity index (χ1n) is 10.5. The van der Waals surface area contributed by atoms with Crippen LogP contribution in [0, 0.1) is 0 Å². The van der Waals surface area contributed by atoms with Crippen molar-refractivity contribution in [2.75, 3.05) is 29.0 Å². The SMILES string of the molecule is CCOc1ccccc1N(CC(=O)Nc1ccccc1C(=O)NCc1cccnc1)S(C)(=O)=O. The Morgan fingerprint density at radius 2 is 1.76 bits per heavy atom. The van der Waals surface area contributed by atoms with Gasteiger partial charge in [-0.2, -0.15) is 0 Å². The summed E-state index contributed by atoms with van der Waals surface area (Å²) >= 11 is 0. The van der Waals surface area contributed by atoms with Gasteiger partial charge in [0, 0.05) is 18.9 Å². The van der Waals surface area contributed by atoms with Crippen molar-refractivity contribution in [3.05, 3.63) is 84.2 Å². The summed E-state index contributed by atoms with van der Waals surface area (Å²) in [5.41, 5.74) is 1.60. The molecule has 0 aliphatic carbocycles. The van der Waals surface area contributed by atoms with E-state index in [1.165, 1.54) is 0 Å². The minimum absolute atomic E-state index is 0.250. The molecule has 2 amide bonds. The number of hydrogen-bond acceptors (Lipinski definition) is 6. The van der Waals surface area contributed by atoms with Crippen molar-refractivity contribution < 1.29 is 22.7 Å². The Labute approximate surface area is 198 Å². The van der Waals surface area contributed by atoms with E-state index in [2.05, 4.69) is 15.6 Å². The highest BCUT2D eigenvalue weighted by atomic mass is 32.2. The zero-order valence-electron chi connectivity index (χ0n) is 18.9. The maximum absolute atomic E-state index is 12.9. The summed E-state index contributed by atoms with van der Waals surface area (Å²) in [6.07, 6.45) is 4.30. The summed E-state index contributed by atoms with van der Waals surface area (Å²) in [6.45, 7) is 1.90. The largest absolute Gasteiger partial charge is 0.492 e. The number of pyridine rings is 1. The van der Waals surface area contributed by atoms with E-state index in [0.29, 0.717) is 12.4 Å². The molecule has 3 aromatic rings. The van der Waals surface area contributed by atoms with E-state index < -0.39 is 22.5 Å². The highest BCUT2D eigenvalue weighted by Gasteiger charge is 2.24. The first-order valence-corrected chi connectivity index (χ1v) is 12.4. The summed E-state index contributed by atoms with van der Waals surface area (Å²) in [7, 11) is -3.80. The fraction of sp³-hybridized carbons (Fsp3) is 0.208. The Morgan fingerprint density at radius 3 is 2.47 bits per heavy atom. The first kappa shape index (κ1) is 24.7. The van der Waals surface area contributed by atoms with Crippen LogP contribution in [-0.4, -0.2) is 44.6 Å². The third kappa shape index (κ3) is 6.55. The van der Waals surface area contributed by atoms with Gasteiger partial charge in [-0.1, -0.05) is 30.3 Å². The second-order valence-electron chi connectivity index (χ2n) is 7.31. The monoisotopic (exact) mass is 482 g/mol. The van der Waals surface area contributed by atoms with E-state index in [4.69, 9.17) is 4.74 Å². The van der Waals surface area contributed by atoms with Gasteiger partial charge in [-0.05, 0) is 42.8 Å². The normalized spacial score (nSPS) is 10.9. The van der Waals surface area contributed by atoms with Crippen LogP contribution in [0.5, 0.6) is 5.75 Å². The van der Waals surface area contributed by atoms with Crippen molar-refractivity contribution in [2.45, 2.75) is 13.5 Å². The molecule has 0 fully saturated rings. The standard InChI is InChI=1S/C24H26N4O5S/c1-3-33-22-13-7-6-12-21(22)28(34(2,31)32)17-23(29)27-20-11-5-4-10-19(20)24(30)26-16-18-9-8-14-25-15-18/h4-15H,3,16-17H2,1-2H3,(H,26,30)(H,27,29). The predicted molar refractivity (Wildman–Crippen MR) is 130 cm³/mol. The van der Waals surface area contributed by atoms with E-state index in [1.54, 1.807) is 73.9 Å². The molecule has 0 spiro atoms. The van der Waals surface area contributed by atoms with Crippen molar-refractivity contribution in [2.24, 2.45) is 0 Å². The van der Waals surface area contributed by atoms with Crippen LogP contribution in [0.2, 0.25) is 0 Å². The number of benzene rings is 2. The number of rotatable bonds is 10. The number of sulfonamides is 1. The molecule has 1 heterocycles. The number of anilines is 2. The third-order valence-corrected chi connectivity index (χ3v) is 5.87. The lowest BCUT2D eigenvalue weighted by molar-refractivity contribution is -0.114. The van der Waals surface area contributed by atoms with Gasteiger partial charge in [-0.3, -0.25) is 18.9 Å². The van der Waals surface area contributed by atoms with Crippen molar-refractivity contribution in [1.82, 2.24) is 10.3 Å². The number of ether oxygens (including phenoxy) is 1. The molecule has 0 bridgehead atoms. The van der Waals surface area contributed by atoms with Crippen LogP contribution in [0.15, 0.2) is 73.1 Å². The maximum Gasteiger partial charge on any atom is 0.253 e. The van der Waals surface area contributed by atoms with Gasteiger partial charge in [0.05, 0.1) is 29.8 Å². The van der Waals surface area contributed by atoms with E-state index >= 15 is 0 Å². The lowest BCUT2D eigenvalue weighted by Crippen LogP contribution is -2.38. The van der Waals surface area contributed by atoms with Gasteiger partial charge < -0.3 is 15.4 Å². The Kier molecular flexibility index (Phi) is 8.20. The van der Waals surface area contributed by atoms with Crippen molar-refractivity contribution in [1.29, 1.82) is 0 Å². The minimum atomic E-state index is -3.80. The molecule has 34 heavy (non-hydrogen) atoms. The first-order chi connectivity index (χ1) is 16.3. The predicted octanol–water partition coefficient (Wildman–Crippen LogP) is 2.82. The Hall–Kier alpha value is -3.92. The van der Waals surface area contributed by atoms with Gasteiger partial charge >= 0.3 is 0 Å². The maximum atomic E-state index is 12.9. The number of carbonyl (C=O) groups excluding carboxylic acids is 2. The Morgan fingerprint density at radius 1 is 1.03 bits per heavy atom. The molecular formula is C24H26N4O5S. The number of hydrogen-bond donors (Lipinski definition) is 2. The smallest absolute Gasteiger partial charge is 0.253 e. The third-order valence-electron chi connectivity index (χ3n) is 4.74. The minimum Gasteiger partial charge on any atom is -0.492 e. The molecule has 0 saturated carbocycles. The molecule has 9 nitrogen and oxygen atoms in total. The second kappa shape index (κ2) is 11.3. The van der Waals surface area contributed by atoms with Crippen LogP contribution < -0.4 is 19.7 Å². The molecule has 0 atom stereocenters. The molecular weight excluding hydrogens is 456 g/mol. The molecule has 2 N–H and O–H groups in total. The van der Waals surface area contributed by atoms with Crippen LogP contribution >= 0.6 is 0 Å². The summed E-state index contributed by atoms with van der Waals surface area (Å²) in [5, 5.41) is 5.44. The van der Waals surface area contributed by atoms with Crippen molar-refractivity contribution in [3.8, 4) is 5.75 Å². The molecule has 178 valence electrons. The lowest BCUT2D eigenvalue weighted by Gasteiger charge is -2.24. The summed E-state index contributed by atoms with van der Waals surface area (Å²) in [4.78, 5) is 29.6. The molecule has 10 heteroatoms. The van der Waals surface area contributed by atoms with Gasteiger partial charge in [0.2, 0.25) is 15.9 Å². The van der Waals surface area contributed by atoms with Gasteiger partial charge in [0.25, 0.3) is 5.91 Å². The van der Waals surface area contributed by atoms with Gasteiger partial charge in [-0.25, -0.2) is 8.42 Å². The molecule has 0 unspecified atom stereocenters. The summed E-state index contributed by atoms with van der Waals surface area (Å²) in [6, 6.07) is 16.7. The van der Waals surface area contributed by atoms with Gasteiger partial charge in [-0.15, -0.1) is 0 Å². The fourth-order valence-corrected chi connectivity index (χ4v) is 4.07. The van der Waals surface area contributed by atoms with E-state index in [0.717, 1.165) is 16.1 Å². The number of nitrogens with zero attached hydrogens (tertiary/aromatic N) is 2. The lowest BCUT2D eigenvalue weighted by atomic mass is 10.1. The summed E-state index contributed by atoms with van der Waals surface area (Å²) in [5.74, 6) is -0.649. The second-order valence-corrected chi connectivity index (χ2v) is 9.21. The van der Waals surface area contributed by atoms with Crippen LogP contribution in [0.3, 0.4) is 0 Å². The fourth-order valence-electron chi connectivity index (χ4n) is 3.21. The zero-order valence-corrected chi connectivity index (χ0v) is 19.7. The average molecular weight is 483 g/mol. The topological polar surface area (TPSA) is 118 Å². The molecule has 0 radical (unpaired) electrons. The van der Waals surface area contributed by atoms with E-state index in [-0.39, 0.29) is 29.4 Å². The van der Waals surface area contributed by atoms with Crippen molar-refractivity contribution in [3.63, 3.8) is 0 Å². The molecule has 3 rings (SSSR count). The molecule has 1 aromatic heterocycles. The molecule has 2 aromatic carbocycles. The van der Waals surface area contributed by atoms with Crippen LogP contribution in [0.1, 0.15) is 22.8 Å². The molecule has 0 aliphatic rings. The number of para-hydroxylation sites is 3. The van der Waals surface area contributed by atoms with Crippen LogP contribution in [0.25, 0.3) is 0 Å². The highest BCUT2D eigenvalue weighted by molar-refractivity contribution is 7.92. The Balaban J connectivity index is 1.77. The molecule has 0 saturated heterocycles. The average Bonchev–Trinajstić information content (AvgIpc) is 2.82. The highest BCUT2D eigenvalue weighted by Crippen LogP contribution is 2.30. The summed E-state index contributed by atoms with van der Waals surface area (Å²) < 4.78 is 31.5. The number of nitrogens with one attached hydrogen (secondary N) is 2. The molecule has 0 aliphatic heterocycles. The quantitative estimate of drug-likeness (QED) is 0.459. The Bertz CT molecular complexity index is 1250. The van der Waals surface area contributed by atoms with Crippen LogP contribution in [0.4, 0.5) is 11.4 Å².